The smallest absolute Gasteiger partial charge is 0.254 e. The maximum absolute atomic E-state index is 12.1. The average Bonchev–Trinajstić information content (AvgIpc) is 3.26. The third kappa shape index (κ3) is 3.37. The quantitative estimate of drug-likeness (QED) is 0.924. The summed E-state index contributed by atoms with van der Waals surface area (Å²) >= 11 is 0. The predicted molar refractivity (Wildman–Crippen MR) is 79.8 cm³/mol. The van der Waals surface area contributed by atoms with E-state index in [2.05, 4.69) is 10.3 Å². The van der Waals surface area contributed by atoms with Gasteiger partial charge in [0.05, 0.1) is 12.0 Å². The number of nitrogens with one attached hydrogen (secondary N) is 1. The molecule has 3 rings (SSSR count). The van der Waals surface area contributed by atoms with Crippen LogP contribution in [0.4, 0.5) is 0 Å². The Labute approximate surface area is 122 Å². The van der Waals surface area contributed by atoms with Gasteiger partial charge in [0.15, 0.2) is 0 Å². The van der Waals surface area contributed by atoms with Crippen molar-refractivity contribution in [1.82, 2.24) is 14.9 Å². The van der Waals surface area contributed by atoms with Gasteiger partial charge in [-0.1, -0.05) is 29.8 Å². The monoisotopic (exact) mass is 283 g/mol. The third-order valence-electron chi connectivity index (χ3n) is 3.48. The normalized spacial score (nSPS) is 14.0. The lowest BCUT2D eigenvalue weighted by Gasteiger charge is -2.07. The first-order valence-corrected chi connectivity index (χ1v) is 7.05. The molecule has 1 N–H and O–H groups in total. The number of amides is 1. The summed E-state index contributed by atoms with van der Waals surface area (Å²) in [5, 5.41) is 2.86. The molecule has 1 aromatic heterocycles. The van der Waals surface area contributed by atoms with E-state index in [0.717, 1.165) is 24.0 Å². The Morgan fingerprint density at radius 2 is 2.05 bits per heavy atom. The molecule has 1 aliphatic rings. The van der Waals surface area contributed by atoms with Gasteiger partial charge in [-0.25, -0.2) is 4.98 Å². The lowest BCUT2D eigenvalue weighted by Crippen LogP contribution is -2.33. The second-order valence-electron chi connectivity index (χ2n) is 5.45. The summed E-state index contributed by atoms with van der Waals surface area (Å²) < 4.78 is 1.33. The van der Waals surface area contributed by atoms with Gasteiger partial charge in [-0.05, 0) is 19.8 Å². The van der Waals surface area contributed by atoms with Crippen LogP contribution < -0.4 is 10.9 Å². The van der Waals surface area contributed by atoms with Crippen LogP contribution >= 0.6 is 0 Å². The molecule has 1 amide bonds. The molecule has 0 spiro atoms. The fraction of sp³-hybridized carbons (Fsp3) is 0.312. The van der Waals surface area contributed by atoms with E-state index < -0.39 is 0 Å². The zero-order valence-electron chi connectivity index (χ0n) is 11.9. The molecule has 1 heterocycles. The SMILES string of the molecule is Cc1ccc(-c2cc(=O)n(CC(=O)NC3CC3)cn2)cc1. The fourth-order valence-electron chi connectivity index (χ4n) is 2.08. The van der Waals surface area contributed by atoms with Crippen LogP contribution in [0, 0.1) is 6.92 Å². The summed E-state index contributed by atoms with van der Waals surface area (Å²) in [7, 11) is 0. The molecule has 0 radical (unpaired) electrons. The molecule has 5 heteroatoms. The van der Waals surface area contributed by atoms with Crippen LogP contribution in [0.15, 0.2) is 41.5 Å². The zero-order chi connectivity index (χ0) is 14.8. The molecule has 0 saturated heterocycles. The number of aromatic nitrogens is 2. The van der Waals surface area contributed by atoms with E-state index in [4.69, 9.17) is 0 Å². The number of benzene rings is 1. The van der Waals surface area contributed by atoms with Crippen LogP contribution in [0.5, 0.6) is 0 Å². The van der Waals surface area contributed by atoms with Gasteiger partial charge < -0.3 is 5.32 Å². The van der Waals surface area contributed by atoms with Gasteiger partial charge in [-0.15, -0.1) is 0 Å². The minimum absolute atomic E-state index is 0.0243. The molecular weight excluding hydrogens is 266 g/mol. The predicted octanol–water partition coefficient (Wildman–Crippen LogP) is 1.50. The number of hydrogen-bond acceptors (Lipinski definition) is 3. The number of carbonyl (C=O) groups excluding carboxylic acids is 1. The van der Waals surface area contributed by atoms with Crippen LogP contribution in [-0.2, 0) is 11.3 Å². The highest BCUT2D eigenvalue weighted by Crippen LogP contribution is 2.18. The first kappa shape index (κ1) is 13.5. The number of carbonyl (C=O) groups is 1. The largest absolute Gasteiger partial charge is 0.352 e. The van der Waals surface area contributed by atoms with Crippen LogP contribution in [0.2, 0.25) is 0 Å². The van der Waals surface area contributed by atoms with Crippen molar-refractivity contribution < 1.29 is 4.79 Å². The Morgan fingerprint density at radius 3 is 2.67 bits per heavy atom. The molecule has 1 saturated carbocycles. The molecule has 1 aliphatic carbocycles. The molecule has 5 nitrogen and oxygen atoms in total. The average molecular weight is 283 g/mol. The summed E-state index contributed by atoms with van der Waals surface area (Å²) in [6.07, 6.45) is 3.50. The van der Waals surface area contributed by atoms with Gasteiger partial charge in [-0.2, -0.15) is 0 Å². The van der Waals surface area contributed by atoms with Crippen molar-refractivity contribution in [2.24, 2.45) is 0 Å². The van der Waals surface area contributed by atoms with Gasteiger partial charge >= 0.3 is 0 Å². The van der Waals surface area contributed by atoms with Crippen LogP contribution in [0.3, 0.4) is 0 Å². The minimum Gasteiger partial charge on any atom is -0.352 e. The fourth-order valence-corrected chi connectivity index (χ4v) is 2.08. The maximum atomic E-state index is 12.1. The summed E-state index contributed by atoms with van der Waals surface area (Å²) in [5.41, 5.74) is 2.46. The van der Waals surface area contributed by atoms with Gasteiger partial charge in [0.2, 0.25) is 5.91 Å². The van der Waals surface area contributed by atoms with Gasteiger partial charge in [0.1, 0.15) is 6.54 Å². The van der Waals surface area contributed by atoms with E-state index in [1.165, 1.54) is 17.0 Å². The highest BCUT2D eigenvalue weighted by atomic mass is 16.2. The van der Waals surface area contributed by atoms with Crippen LogP contribution in [-0.4, -0.2) is 21.5 Å². The lowest BCUT2D eigenvalue weighted by atomic mass is 10.1. The van der Waals surface area contributed by atoms with E-state index >= 15 is 0 Å². The third-order valence-corrected chi connectivity index (χ3v) is 3.48. The van der Waals surface area contributed by atoms with E-state index in [1.54, 1.807) is 0 Å². The Kier molecular flexibility index (Phi) is 3.56. The van der Waals surface area contributed by atoms with Crippen molar-refractivity contribution in [3.8, 4) is 11.3 Å². The van der Waals surface area contributed by atoms with Crippen LogP contribution in [0.1, 0.15) is 18.4 Å². The van der Waals surface area contributed by atoms with Gasteiger partial charge in [-0.3, -0.25) is 14.2 Å². The lowest BCUT2D eigenvalue weighted by molar-refractivity contribution is -0.121. The summed E-state index contributed by atoms with van der Waals surface area (Å²) in [4.78, 5) is 28.0. The summed E-state index contributed by atoms with van der Waals surface area (Å²) in [6, 6.07) is 9.59. The highest BCUT2D eigenvalue weighted by Gasteiger charge is 2.23. The van der Waals surface area contributed by atoms with Gasteiger partial charge in [0.25, 0.3) is 5.56 Å². The van der Waals surface area contributed by atoms with Gasteiger partial charge in [0, 0.05) is 17.7 Å². The molecule has 0 unspecified atom stereocenters. The first-order chi connectivity index (χ1) is 10.1. The summed E-state index contributed by atoms with van der Waals surface area (Å²) in [5.74, 6) is -0.135. The molecule has 21 heavy (non-hydrogen) atoms. The molecule has 0 atom stereocenters. The molecule has 0 aliphatic heterocycles. The van der Waals surface area contributed by atoms with Crippen molar-refractivity contribution in [3.63, 3.8) is 0 Å². The number of hydrogen-bond donors (Lipinski definition) is 1. The second kappa shape index (κ2) is 5.52. The molecular formula is C16H17N3O2. The van der Waals surface area contributed by atoms with Crippen molar-refractivity contribution >= 4 is 5.91 Å². The topological polar surface area (TPSA) is 64.0 Å². The number of rotatable bonds is 4. The molecule has 1 fully saturated rings. The molecule has 108 valence electrons. The van der Waals surface area contributed by atoms with Crippen molar-refractivity contribution in [1.29, 1.82) is 0 Å². The first-order valence-electron chi connectivity index (χ1n) is 7.05. The van der Waals surface area contributed by atoms with E-state index in [1.807, 2.05) is 31.2 Å². The Hall–Kier alpha value is -2.43. The van der Waals surface area contributed by atoms with Crippen molar-refractivity contribution in [2.45, 2.75) is 32.4 Å². The molecule has 0 bridgehead atoms. The minimum atomic E-state index is -0.216. The molecule has 2 aromatic rings. The van der Waals surface area contributed by atoms with E-state index in [-0.39, 0.29) is 18.0 Å². The van der Waals surface area contributed by atoms with Crippen molar-refractivity contribution in [3.05, 3.63) is 52.6 Å². The van der Waals surface area contributed by atoms with Crippen molar-refractivity contribution in [2.75, 3.05) is 0 Å². The van der Waals surface area contributed by atoms with Crippen LogP contribution in [0.25, 0.3) is 11.3 Å². The zero-order valence-corrected chi connectivity index (χ0v) is 11.9. The second-order valence-corrected chi connectivity index (χ2v) is 5.45. The highest BCUT2D eigenvalue weighted by molar-refractivity contribution is 5.76. The standard InChI is InChI=1S/C16H17N3O2/c1-11-2-4-12(5-3-11)14-8-16(21)19(10-17-14)9-15(20)18-13-6-7-13/h2-5,8,10,13H,6-7,9H2,1H3,(H,18,20). The number of nitrogens with zero attached hydrogens (tertiary/aromatic N) is 2. The Bertz CT molecular complexity index is 715. The van der Waals surface area contributed by atoms with E-state index in [9.17, 15) is 9.59 Å². The summed E-state index contributed by atoms with van der Waals surface area (Å²) in [6.45, 7) is 2.03. The Morgan fingerprint density at radius 1 is 1.33 bits per heavy atom. The number of aryl methyl sites for hydroxylation is 1. The molecule has 1 aromatic carbocycles. The maximum Gasteiger partial charge on any atom is 0.254 e. The van der Waals surface area contributed by atoms with E-state index in [0.29, 0.717) is 11.7 Å². The Balaban J connectivity index is 1.77.